The fourth-order valence-corrected chi connectivity index (χ4v) is 1.60. The Labute approximate surface area is 226 Å². The van der Waals surface area contributed by atoms with Gasteiger partial charge in [-0.2, -0.15) is 0 Å². The fraction of sp³-hybridized carbons (Fsp3) is 0.909. The van der Waals surface area contributed by atoms with E-state index in [1.54, 1.807) is 0 Å². The van der Waals surface area contributed by atoms with Crippen LogP contribution in [0.5, 0.6) is 0 Å². The Balaban J connectivity index is -0.000000963. The minimum absolute atomic E-state index is 0. The van der Waals surface area contributed by atoms with Gasteiger partial charge >= 0.3 is 0 Å². The predicted molar refractivity (Wildman–Crippen MR) is 58.2 cm³/mol. The Hall–Kier alpha value is 3.79. The number of aliphatic hydroxyl groups is 3. The van der Waals surface area contributed by atoms with E-state index in [1.165, 1.54) is 6.92 Å². The van der Waals surface area contributed by atoms with Crippen LogP contribution in [-0.4, -0.2) is 58.9 Å². The van der Waals surface area contributed by atoms with Crippen LogP contribution in [0.3, 0.4) is 0 Å². The molecule has 1 rings (SSSR count). The molecule has 0 saturated carbocycles. The van der Waals surface area contributed by atoms with Crippen molar-refractivity contribution in [2.45, 2.75) is 50.8 Å². The van der Waals surface area contributed by atoms with Gasteiger partial charge in [0, 0.05) is 145 Å². The average Bonchev–Trinajstić information content (AvgIpc) is 2.28. The standard InChI is InChI=1S/C11H20O6.3Ac/c1-7(12)4-2-3-5-16-11-10(15)9(14)8(13)6-17-11;;;/h8-11,13-15H,2-6H2,1H3;;;/t8-,9?,10+,11-;;;/m1.../s1. The summed E-state index contributed by atoms with van der Waals surface area (Å²) in [6.07, 6.45) is -2.56. The van der Waals surface area contributed by atoms with Gasteiger partial charge in [-0.25, -0.2) is 0 Å². The molecule has 0 aromatic rings. The molecule has 109 valence electrons. The van der Waals surface area contributed by atoms with E-state index in [1.807, 2.05) is 0 Å². The Bertz CT molecular complexity index is 256. The summed E-state index contributed by atoms with van der Waals surface area (Å²) < 4.78 is 10.3. The monoisotopic (exact) mass is 929 g/mol. The van der Waals surface area contributed by atoms with E-state index in [0.717, 1.165) is 6.42 Å². The molecule has 0 aromatic heterocycles. The number of carbonyl (C=O) groups excluding carboxylic acids is 1. The molecule has 4 atom stereocenters. The van der Waals surface area contributed by atoms with E-state index in [2.05, 4.69) is 0 Å². The molecule has 6 nitrogen and oxygen atoms in total. The van der Waals surface area contributed by atoms with Crippen molar-refractivity contribution in [2.75, 3.05) is 13.2 Å². The van der Waals surface area contributed by atoms with Gasteiger partial charge in [0.05, 0.1) is 6.61 Å². The maximum Gasteiger partial charge on any atom is 0.186 e. The molecule has 0 amide bonds. The number of hydrogen-bond donors (Lipinski definition) is 3. The first-order valence-corrected chi connectivity index (χ1v) is 5.79. The first-order valence-electron chi connectivity index (χ1n) is 5.79. The smallest absolute Gasteiger partial charge is 0.186 e. The summed E-state index contributed by atoms with van der Waals surface area (Å²) in [6, 6.07) is 0. The first kappa shape index (κ1) is 28.6. The van der Waals surface area contributed by atoms with Crippen LogP contribution in [0.4, 0.5) is 0 Å². The van der Waals surface area contributed by atoms with Gasteiger partial charge in [0.2, 0.25) is 0 Å². The van der Waals surface area contributed by atoms with Gasteiger partial charge in [0.1, 0.15) is 24.1 Å². The van der Waals surface area contributed by atoms with Gasteiger partial charge in [-0.15, -0.1) is 0 Å². The molecule has 1 fully saturated rings. The van der Waals surface area contributed by atoms with Crippen molar-refractivity contribution in [1.82, 2.24) is 0 Å². The van der Waals surface area contributed by atoms with Gasteiger partial charge in [-0.3, -0.25) is 0 Å². The van der Waals surface area contributed by atoms with E-state index in [0.29, 0.717) is 19.4 Å². The van der Waals surface area contributed by atoms with Gasteiger partial charge in [0.25, 0.3) is 0 Å². The van der Waals surface area contributed by atoms with Crippen molar-refractivity contribution in [3.8, 4) is 0 Å². The molecule has 1 aliphatic heterocycles. The van der Waals surface area contributed by atoms with Crippen LogP contribution in [0.25, 0.3) is 0 Å². The molecule has 1 heterocycles. The van der Waals surface area contributed by atoms with Crippen molar-refractivity contribution in [3.63, 3.8) is 0 Å². The molecule has 0 bridgehead atoms. The Morgan fingerprint density at radius 2 is 1.75 bits per heavy atom. The number of hydrogen-bond acceptors (Lipinski definition) is 6. The van der Waals surface area contributed by atoms with E-state index in [4.69, 9.17) is 9.47 Å². The van der Waals surface area contributed by atoms with Crippen LogP contribution in [-0.2, 0) is 14.3 Å². The van der Waals surface area contributed by atoms with Crippen LogP contribution < -0.4 is 0 Å². The summed E-state index contributed by atoms with van der Waals surface area (Å²) in [5.74, 6) is 0.137. The molecule has 1 unspecified atom stereocenters. The maximum absolute atomic E-state index is 10.7. The van der Waals surface area contributed by atoms with Gasteiger partial charge in [0.15, 0.2) is 6.29 Å². The predicted octanol–water partition coefficient (Wildman–Crippen LogP) is -0.799. The third kappa shape index (κ3) is 11.4. The molecule has 3 N–H and O–H groups in total. The zero-order valence-electron chi connectivity index (χ0n) is 11.6. The molecule has 20 heavy (non-hydrogen) atoms. The molecule has 0 spiro atoms. The second-order valence-electron chi connectivity index (χ2n) is 4.28. The van der Waals surface area contributed by atoms with Crippen molar-refractivity contribution >= 4 is 5.78 Å². The van der Waals surface area contributed by atoms with Crippen molar-refractivity contribution in [3.05, 3.63) is 0 Å². The summed E-state index contributed by atoms with van der Waals surface area (Å²) in [5, 5.41) is 28.1. The normalized spacial score (nSPS) is 28.6. The van der Waals surface area contributed by atoms with Crippen LogP contribution in [0, 0.1) is 132 Å². The number of Topliss-reactive ketones (excluding diaryl/α,β-unsaturated/α-hetero) is 1. The van der Waals surface area contributed by atoms with Gasteiger partial charge in [-0.1, -0.05) is 0 Å². The summed E-state index contributed by atoms with van der Waals surface area (Å²) in [5.41, 5.74) is 0. The Morgan fingerprint density at radius 3 is 2.30 bits per heavy atom. The summed E-state index contributed by atoms with van der Waals surface area (Å²) in [4.78, 5) is 10.7. The second kappa shape index (κ2) is 16.3. The number of aliphatic hydroxyl groups excluding tert-OH is 3. The van der Waals surface area contributed by atoms with E-state index < -0.39 is 24.6 Å². The van der Waals surface area contributed by atoms with E-state index in [9.17, 15) is 20.1 Å². The molecular weight excluding hydrogens is 909 g/mol. The minimum atomic E-state index is -1.24. The largest absolute Gasteiger partial charge is 0.388 e. The number of rotatable bonds is 6. The summed E-state index contributed by atoms with van der Waals surface area (Å²) in [6.45, 7) is 1.82. The zero-order valence-corrected chi connectivity index (χ0v) is 25.9. The van der Waals surface area contributed by atoms with Gasteiger partial charge in [-0.05, 0) is 19.8 Å². The molecule has 1 saturated heterocycles. The first-order chi connectivity index (χ1) is 8.02. The van der Waals surface area contributed by atoms with Crippen LogP contribution in [0.2, 0.25) is 0 Å². The number of carbonyl (C=O) groups is 1. The molecule has 1 aliphatic rings. The number of ketones is 1. The van der Waals surface area contributed by atoms with E-state index in [-0.39, 0.29) is 145 Å². The van der Waals surface area contributed by atoms with Crippen LogP contribution in [0.1, 0.15) is 26.2 Å². The third-order valence-electron chi connectivity index (χ3n) is 2.66. The minimum Gasteiger partial charge on any atom is -0.388 e. The molecular formula is C11H20Ac3O6. The zero-order chi connectivity index (χ0) is 12.8. The molecule has 9 heteroatoms. The van der Waals surface area contributed by atoms with Crippen LogP contribution >= 0.6 is 0 Å². The van der Waals surface area contributed by atoms with Gasteiger partial charge < -0.3 is 29.6 Å². The molecule has 0 aromatic carbocycles. The average molecular weight is 929 g/mol. The summed E-state index contributed by atoms with van der Waals surface area (Å²) in [7, 11) is 0. The Morgan fingerprint density at radius 1 is 1.15 bits per heavy atom. The van der Waals surface area contributed by atoms with E-state index >= 15 is 0 Å². The third-order valence-corrected chi connectivity index (χ3v) is 2.66. The Kier molecular flexibility index (Phi) is 23.3. The van der Waals surface area contributed by atoms with Crippen molar-refractivity contribution in [2.24, 2.45) is 0 Å². The number of unbranched alkanes of at least 4 members (excludes halogenated alkanes) is 1. The molecule has 3 radical (unpaired) electrons. The SMILES string of the molecule is CC(=O)CCCCO[C@@H]1OC[C@@H](O)C(O)[C@@H]1O.[Ac].[Ac].[Ac]. The maximum atomic E-state index is 10.7. The topological polar surface area (TPSA) is 96.2 Å². The van der Waals surface area contributed by atoms with Crippen LogP contribution in [0.15, 0.2) is 0 Å². The fourth-order valence-electron chi connectivity index (χ4n) is 1.60. The second-order valence-corrected chi connectivity index (χ2v) is 4.28. The summed E-state index contributed by atoms with van der Waals surface area (Å²) >= 11 is 0. The van der Waals surface area contributed by atoms with Crippen molar-refractivity contribution < 1.29 is 162 Å². The van der Waals surface area contributed by atoms with Crippen molar-refractivity contribution in [1.29, 1.82) is 0 Å². The number of ether oxygens (including phenoxy) is 2. The quantitative estimate of drug-likeness (QED) is 0.303. The molecule has 0 aliphatic carbocycles.